The van der Waals surface area contributed by atoms with Gasteiger partial charge in [0.25, 0.3) is 0 Å². The Balaban J connectivity index is 2.91. The van der Waals surface area contributed by atoms with Gasteiger partial charge in [-0.25, -0.2) is 9.97 Å². The van der Waals surface area contributed by atoms with Crippen molar-refractivity contribution in [3.63, 3.8) is 0 Å². The summed E-state index contributed by atoms with van der Waals surface area (Å²) in [5.74, 6) is 1.37. The number of alkyl halides is 1. The van der Waals surface area contributed by atoms with Gasteiger partial charge >= 0.3 is 0 Å². The Kier molecular flexibility index (Phi) is 4.22. The predicted octanol–water partition coefficient (Wildman–Crippen LogP) is 3.66. The molecule has 0 aliphatic heterocycles. The highest BCUT2D eigenvalue weighted by Crippen LogP contribution is 2.35. The summed E-state index contributed by atoms with van der Waals surface area (Å²) in [6.45, 7) is 6.06. The van der Waals surface area contributed by atoms with Gasteiger partial charge in [0.1, 0.15) is 10.9 Å². The Morgan fingerprint density at radius 1 is 1.57 bits per heavy atom. The smallest absolute Gasteiger partial charge is 0.126 e. The average molecular weight is 296 g/mol. The Labute approximate surface area is 102 Å². The molecule has 0 aliphatic carbocycles. The highest BCUT2D eigenvalue weighted by atomic mass is 79.9. The molecule has 0 atom stereocenters. The van der Waals surface area contributed by atoms with Crippen molar-refractivity contribution in [2.75, 3.05) is 5.88 Å². The Hall–Kier alpha value is 0.200. The van der Waals surface area contributed by atoms with Crippen LogP contribution in [0, 0.1) is 6.92 Å². The van der Waals surface area contributed by atoms with Gasteiger partial charge in [-0.15, -0.1) is 11.6 Å². The number of nitrogens with zero attached hydrogens (tertiary/aromatic N) is 2. The maximum atomic E-state index is 5.86. The standard InChI is InChI=1S/C9H12BrClN2S/c1-6-12-4-7(10)8(13-6)14-9(2,3)5-11/h4H,5H2,1-3H3. The molecule has 1 aromatic heterocycles. The monoisotopic (exact) mass is 294 g/mol. The van der Waals surface area contributed by atoms with Crippen LogP contribution in [0.1, 0.15) is 19.7 Å². The number of aromatic nitrogens is 2. The molecule has 1 rings (SSSR count). The SMILES string of the molecule is Cc1ncc(Br)c(SC(C)(C)CCl)n1. The van der Waals surface area contributed by atoms with Crippen LogP contribution in [0.3, 0.4) is 0 Å². The normalized spacial score (nSPS) is 11.8. The number of thioether (sulfide) groups is 1. The number of hydrogen-bond acceptors (Lipinski definition) is 3. The predicted molar refractivity (Wildman–Crippen MR) is 65.1 cm³/mol. The van der Waals surface area contributed by atoms with Crippen LogP contribution in [0.25, 0.3) is 0 Å². The van der Waals surface area contributed by atoms with Crippen molar-refractivity contribution in [3.8, 4) is 0 Å². The van der Waals surface area contributed by atoms with Crippen LogP contribution in [0.5, 0.6) is 0 Å². The van der Waals surface area contributed by atoms with Crippen molar-refractivity contribution < 1.29 is 0 Å². The van der Waals surface area contributed by atoms with Crippen LogP contribution in [0.15, 0.2) is 15.7 Å². The quantitative estimate of drug-likeness (QED) is 0.483. The molecule has 0 fully saturated rings. The summed E-state index contributed by atoms with van der Waals surface area (Å²) in [5, 5.41) is 0.947. The van der Waals surface area contributed by atoms with Crippen molar-refractivity contribution in [2.24, 2.45) is 0 Å². The van der Waals surface area contributed by atoms with E-state index in [-0.39, 0.29) is 4.75 Å². The molecule has 0 aromatic carbocycles. The fraction of sp³-hybridized carbons (Fsp3) is 0.556. The highest BCUT2D eigenvalue weighted by molar-refractivity contribution is 9.10. The van der Waals surface area contributed by atoms with E-state index in [1.54, 1.807) is 18.0 Å². The van der Waals surface area contributed by atoms with Gasteiger partial charge in [-0.05, 0) is 36.7 Å². The molecule has 78 valence electrons. The van der Waals surface area contributed by atoms with Gasteiger partial charge in [0, 0.05) is 16.8 Å². The van der Waals surface area contributed by atoms with Crippen LogP contribution in [-0.4, -0.2) is 20.6 Å². The van der Waals surface area contributed by atoms with E-state index in [4.69, 9.17) is 11.6 Å². The molecule has 0 unspecified atom stereocenters. The first-order valence-corrected chi connectivity index (χ1v) is 6.33. The fourth-order valence-electron chi connectivity index (χ4n) is 0.795. The lowest BCUT2D eigenvalue weighted by Crippen LogP contribution is -2.16. The molecule has 0 spiro atoms. The van der Waals surface area contributed by atoms with Gasteiger partial charge in [-0.3, -0.25) is 0 Å². The summed E-state index contributed by atoms with van der Waals surface area (Å²) >= 11 is 10.9. The molecule has 1 aromatic rings. The lowest BCUT2D eigenvalue weighted by atomic mass is 10.2. The zero-order chi connectivity index (χ0) is 10.8. The number of hydrogen-bond donors (Lipinski definition) is 0. The van der Waals surface area contributed by atoms with Crippen LogP contribution in [0.2, 0.25) is 0 Å². The lowest BCUT2D eigenvalue weighted by Gasteiger charge is -2.20. The van der Waals surface area contributed by atoms with Gasteiger partial charge in [-0.1, -0.05) is 11.8 Å². The zero-order valence-electron chi connectivity index (χ0n) is 8.34. The first kappa shape index (κ1) is 12.3. The van der Waals surface area contributed by atoms with Crippen molar-refractivity contribution in [3.05, 3.63) is 16.5 Å². The molecule has 0 aliphatic rings. The van der Waals surface area contributed by atoms with Crippen molar-refractivity contribution in [1.29, 1.82) is 0 Å². The second kappa shape index (κ2) is 4.81. The van der Waals surface area contributed by atoms with E-state index in [9.17, 15) is 0 Å². The third-order valence-corrected chi connectivity index (χ3v) is 4.40. The van der Waals surface area contributed by atoms with E-state index >= 15 is 0 Å². The molecule has 0 radical (unpaired) electrons. The molecule has 0 saturated carbocycles. The first-order valence-electron chi connectivity index (χ1n) is 4.19. The Bertz CT molecular complexity index is 331. The van der Waals surface area contributed by atoms with Crippen LogP contribution >= 0.6 is 39.3 Å². The molecule has 0 amide bonds. The Morgan fingerprint density at radius 3 is 2.79 bits per heavy atom. The lowest BCUT2D eigenvalue weighted by molar-refractivity contribution is 0.803. The van der Waals surface area contributed by atoms with E-state index in [0.717, 1.165) is 15.3 Å². The number of aryl methyl sites for hydroxylation is 1. The van der Waals surface area contributed by atoms with Crippen LogP contribution in [0.4, 0.5) is 0 Å². The van der Waals surface area contributed by atoms with Gasteiger partial charge in [-0.2, -0.15) is 0 Å². The third kappa shape index (κ3) is 3.41. The molecule has 0 N–H and O–H groups in total. The van der Waals surface area contributed by atoms with E-state index in [1.807, 2.05) is 6.92 Å². The van der Waals surface area contributed by atoms with Gasteiger partial charge in [0.15, 0.2) is 0 Å². The Morgan fingerprint density at radius 2 is 2.21 bits per heavy atom. The van der Waals surface area contributed by atoms with E-state index in [1.165, 1.54) is 0 Å². The molecule has 1 heterocycles. The summed E-state index contributed by atoms with van der Waals surface area (Å²) < 4.78 is 0.913. The molecule has 5 heteroatoms. The van der Waals surface area contributed by atoms with Crippen molar-refractivity contribution in [2.45, 2.75) is 30.5 Å². The minimum Gasteiger partial charge on any atom is -0.240 e. The average Bonchev–Trinajstić information content (AvgIpc) is 2.11. The molecular formula is C9H12BrClN2S. The molecule has 0 bridgehead atoms. The number of rotatable bonds is 3. The minimum absolute atomic E-state index is 0.00906. The van der Waals surface area contributed by atoms with Gasteiger partial charge < -0.3 is 0 Å². The molecule has 14 heavy (non-hydrogen) atoms. The van der Waals surface area contributed by atoms with Crippen molar-refractivity contribution >= 4 is 39.3 Å². The topological polar surface area (TPSA) is 25.8 Å². The minimum atomic E-state index is -0.00906. The van der Waals surface area contributed by atoms with Crippen LogP contribution in [-0.2, 0) is 0 Å². The largest absolute Gasteiger partial charge is 0.240 e. The maximum absolute atomic E-state index is 5.86. The molecule has 0 saturated heterocycles. The maximum Gasteiger partial charge on any atom is 0.126 e. The second-order valence-corrected chi connectivity index (χ2v) is 6.38. The van der Waals surface area contributed by atoms with E-state index < -0.39 is 0 Å². The summed E-state index contributed by atoms with van der Waals surface area (Å²) in [5.41, 5.74) is 0. The summed E-state index contributed by atoms with van der Waals surface area (Å²) in [6, 6.07) is 0. The third-order valence-electron chi connectivity index (χ3n) is 1.53. The summed E-state index contributed by atoms with van der Waals surface area (Å²) in [6.07, 6.45) is 1.77. The van der Waals surface area contributed by atoms with E-state index in [2.05, 4.69) is 39.7 Å². The highest BCUT2D eigenvalue weighted by Gasteiger charge is 2.20. The second-order valence-electron chi connectivity index (χ2n) is 3.57. The molecular weight excluding hydrogens is 284 g/mol. The van der Waals surface area contributed by atoms with Gasteiger partial charge in [0.2, 0.25) is 0 Å². The fourth-order valence-corrected chi connectivity index (χ4v) is 2.30. The van der Waals surface area contributed by atoms with Gasteiger partial charge in [0.05, 0.1) is 4.47 Å². The molecule has 2 nitrogen and oxygen atoms in total. The number of halogens is 2. The summed E-state index contributed by atoms with van der Waals surface area (Å²) in [4.78, 5) is 8.44. The first-order chi connectivity index (χ1) is 6.44. The van der Waals surface area contributed by atoms with E-state index in [0.29, 0.717) is 5.88 Å². The van der Waals surface area contributed by atoms with Crippen molar-refractivity contribution in [1.82, 2.24) is 9.97 Å². The summed E-state index contributed by atoms with van der Waals surface area (Å²) in [7, 11) is 0. The zero-order valence-corrected chi connectivity index (χ0v) is 11.5. The van der Waals surface area contributed by atoms with Crippen LogP contribution < -0.4 is 0 Å².